The van der Waals surface area contributed by atoms with Crippen LogP contribution in [0.2, 0.25) is 0 Å². The lowest BCUT2D eigenvalue weighted by molar-refractivity contribution is 0.0472. The van der Waals surface area contributed by atoms with Gasteiger partial charge in [-0.1, -0.05) is 54.1 Å². The Morgan fingerprint density at radius 1 is 0.846 bits per heavy atom. The van der Waals surface area contributed by atoms with E-state index in [0.717, 1.165) is 11.1 Å². The van der Waals surface area contributed by atoms with Gasteiger partial charge in [0.25, 0.3) is 5.91 Å². The zero-order valence-corrected chi connectivity index (χ0v) is 14.4. The molecule has 1 N–H and O–H groups in total. The molecule has 0 aliphatic carbocycles. The van der Waals surface area contributed by atoms with Crippen molar-refractivity contribution in [1.82, 2.24) is 0 Å². The van der Waals surface area contributed by atoms with E-state index < -0.39 is 5.97 Å². The Hall–Kier alpha value is -3.40. The molecule has 3 aromatic rings. The minimum Gasteiger partial charge on any atom is -0.457 e. The van der Waals surface area contributed by atoms with Gasteiger partial charge in [0.15, 0.2) is 0 Å². The molecule has 1 amide bonds. The minimum absolute atomic E-state index is 0.208. The van der Waals surface area contributed by atoms with Crippen molar-refractivity contribution in [3.05, 3.63) is 101 Å². The van der Waals surface area contributed by atoms with Crippen LogP contribution < -0.4 is 5.32 Å². The molecule has 130 valence electrons. The second-order valence-corrected chi connectivity index (χ2v) is 5.96. The fourth-order valence-electron chi connectivity index (χ4n) is 2.44. The van der Waals surface area contributed by atoms with Crippen molar-refractivity contribution in [2.75, 3.05) is 5.32 Å². The van der Waals surface area contributed by atoms with Gasteiger partial charge in [-0.25, -0.2) is 4.79 Å². The van der Waals surface area contributed by atoms with Crippen LogP contribution in [0.4, 0.5) is 5.69 Å². The van der Waals surface area contributed by atoms with Crippen LogP contribution in [0.5, 0.6) is 0 Å². The van der Waals surface area contributed by atoms with Gasteiger partial charge in [-0.15, -0.1) is 0 Å². The lowest BCUT2D eigenvalue weighted by atomic mass is 10.1. The first-order valence-electron chi connectivity index (χ1n) is 8.31. The van der Waals surface area contributed by atoms with E-state index in [0.29, 0.717) is 16.8 Å². The summed E-state index contributed by atoms with van der Waals surface area (Å²) in [7, 11) is 0. The summed E-state index contributed by atoms with van der Waals surface area (Å²) < 4.78 is 5.32. The van der Waals surface area contributed by atoms with E-state index in [1.54, 1.807) is 36.4 Å². The van der Waals surface area contributed by atoms with Crippen molar-refractivity contribution in [2.45, 2.75) is 13.5 Å². The van der Waals surface area contributed by atoms with E-state index in [9.17, 15) is 9.59 Å². The molecule has 26 heavy (non-hydrogen) atoms. The van der Waals surface area contributed by atoms with Crippen molar-refractivity contribution in [3.8, 4) is 0 Å². The summed E-state index contributed by atoms with van der Waals surface area (Å²) in [4.78, 5) is 24.5. The van der Waals surface area contributed by atoms with Gasteiger partial charge in [-0.05, 0) is 42.8 Å². The lowest BCUT2D eigenvalue weighted by Gasteiger charge is -2.08. The van der Waals surface area contributed by atoms with Crippen molar-refractivity contribution >= 4 is 17.6 Å². The normalized spacial score (nSPS) is 10.2. The molecule has 0 aliphatic rings. The Morgan fingerprint density at radius 2 is 1.58 bits per heavy atom. The zero-order chi connectivity index (χ0) is 18.4. The Kier molecular flexibility index (Phi) is 5.44. The highest BCUT2D eigenvalue weighted by Gasteiger charge is 2.10. The van der Waals surface area contributed by atoms with Gasteiger partial charge >= 0.3 is 5.97 Å². The highest BCUT2D eigenvalue weighted by atomic mass is 16.5. The highest BCUT2D eigenvalue weighted by molar-refractivity contribution is 6.04. The van der Waals surface area contributed by atoms with Gasteiger partial charge < -0.3 is 10.1 Å². The van der Waals surface area contributed by atoms with Crippen LogP contribution in [-0.2, 0) is 11.3 Å². The standard InChI is InChI=1S/C22H19NO3/c1-16-10-12-18(13-11-16)21(24)23-20-9-5-8-19(14-20)22(25)26-15-17-6-3-2-4-7-17/h2-14H,15H2,1H3,(H,23,24). The average molecular weight is 345 g/mol. The Labute approximate surface area is 152 Å². The molecule has 3 rings (SSSR count). The molecule has 0 saturated heterocycles. The summed E-state index contributed by atoms with van der Waals surface area (Å²) in [5.41, 5.74) is 3.51. The van der Waals surface area contributed by atoms with Gasteiger partial charge in [0.2, 0.25) is 0 Å². The SMILES string of the molecule is Cc1ccc(C(=O)Nc2cccc(C(=O)OCc3ccccc3)c2)cc1. The van der Waals surface area contributed by atoms with Gasteiger partial charge in [-0.2, -0.15) is 0 Å². The molecule has 0 aromatic heterocycles. The van der Waals surface area contributed by atoms with Crippen LogP contribution in [0, 0.1) is 6.92 Å². The molecule has 0 atom stereocenters. The first-order chi connectivity index (χ1) is 12.6. The number of hydrogen-bond donors (Lipinski definition) is 1. The number of nitrogens with one attached hydrogen (secondary N) is 1. The second-order valence-electron chi connectivity index (χ2n) is 5.96. The Morgan fingerprint density at radius 3 is 2.31 bits per heavy atom. The third-order valence-corrected chi connectivity index (χ3v) is 3.88. The number of rotatable bonds is 5. The molecule has 0 heterocycles. The monoisotopic (exact) mass is 345 g/mol. The van der Waals surface area contributed by atoms with Gasteiger partial charge in [0.05, 0.1) is 5.56 Å². The number of esters is 1. The molecule has 0 bridgehead atoms. The quantitative estimate of drug-likeness (QED) is 0.687. The number of hydrogen-bond acceptors (Lipinski definition) is 3. The maximum absolute atomic E-state index is 12.3. The molecular formula is C22H19NO3. The first kappa shape index (κ1) is 17.4. The van der Waals surface area contributed by atoms with Gasteiger partial charge in [-0.3, -0.25) is 4.79 Å². The second kappa shape index (κ2) is 8.12. The van der Waals surface area contributed by atoms with Crippen LogP contribution in [0.1, 0.15) is 31.8 Å². The van der Waals surface area contributed by atoms with Crippen LogP contribution in [0.15, 0.2) is 78.9 Å². The van der Waals surface area contributed by atoms with Crippen LogP contribution in [-0.4, -0.2) is 11.9 Å². The third kappa shape index (κ3) is 4.57. The zero-order valence-electron chi connectivity index (χ0n) is 14.4. The summed E-state index contributed by atoms with van der Waals surface area (Å²) in [5.74, 6) is -0.653. The fraction of sp³-hybridized carbons (Fsp3) is 0.0909. The largest absolute Gasteiger partial charge is 0.457 e. The smallest absolute Gasteiger partial charge is 0.338 e. The summed E-state index contributed by atoms with van der Waals surface area (Å²) >= 11 is 0. The molecule has 4 nitrogen and oxygen atoms in total. The summed E-state index contributed by atoms with van der Waals surface area (Å²) in [6.45, 7) is 2.17. The topological polar surface area (TPSA) is 55.4 Å². The number of benzene rings is 3. The number of anilines is 1. The van der Waals surface area contributed by atoms with Crippen molar-refractivity contribution in [2.24, 2.45) is 0 Å². The molecule has 0 radical (unpaired) electrons. The number of aryl methyl sites for hydroxylation is 1. The van der Waals surface area contributed by atoms with E-state index in [1.807, 2.05) is 49.4 Å². The van der Waals surface area contributed by atoms with E-state index in [4.69, 9.17) is 4.74 Å². The van der Waals surface area contributed by atoms with Gasteiger partial charge in [0.1, 0.15) is 6.61 Å². The molecule has 0 unspecified atom stereocenters. The highest BCUT2D eigenvalue weighted by Crippen LogP contribution is 2.14. The molecule has 3 aromatic carbocycles. The minimum atomic E-state index is -0.430. The number of amides is 1. The molecule has 0 fully saturated rings. The number of ether oxygens (including phenoxy) is 1. The summed E-state index contributed by atoms with van der Waals surface area (Å²) in [6, 6.07) is 23.5. The molecule has 0 aliphatic heterocycles. The van der Waals surface area contributed by atoms with E-state index in [2.05, 4.69) is 5.32 Å². The van der Waals surface area contributed by atoms with E-state index in [-0.39, 0.29) is 12.5 Å². The Bertz CT molecular complexity index is 902. The third-order valence-electron chi connectivity index (χ3n) is 3.88. The first-order valence-corrected chi connectivity index (χ1v) is 8.31. The maximum Gasteiger partial charge on any atom is 0.338 e. The number of carbonyl (C=O) groups is 2. The molecule has 4 heteroatoms. The van der Waals surface area contributed by atoms with Crippen LogP contribution >= 0.6 is 0 Å². The summed E-state index contributed by atoms with van der Waals surface area (Å²) in [5, 5.41) is 2.80. The van der Waals surface area contributed by atoms with Crippen molar-refractivity contribution < 1.29 is 14.3 Å². The molecule has 0 saturated carbocycles. The molecular weight excluding hydrogens is 326 g/mol. The molecule has 0 spiro atoms. The number of carbonyl (C=O) groups excluding carboxylic acids is 2. The lowest BCUT2D eigenvalue weighted by Crippen LogP contribution is -2.12. The predicted octanol–water partition coefficient (Wildman–Crippen LogP) is 4.60. The van der Waals surface area contributed by atoms with E-state index in [1.165, 1.54) is 0 Å². The predicted molar refractivity (Wildman–Crippen MR) is 101 cm³/mol. The van der Waals surface area contributed by atoms with Crippen molar-refractivity contribution in [3.63, 3.8) is 0 Å². The van der Waals surface area contributed by atoms with Crippen LogP contribution in [0.3, 0.4) is 0 Å². The maximum atomic E-state index is 12.3. The van der Waals surface area contributed by atoms with Crippen molar-refractivity contribution in [1.29, 1.82) is 0 Å². The average Bonchev–Trinajstić information content (AvgIpc) is 2.67. The summed E-state index contributed by atoms with van der Waals surface area (Å²) in [6.07, 6.45) is 0. The van der Waals surface area contributed by atoms with E-state index >= 15 is 0 Å². The Balaban J connectivity index is 1.64. The van der Waals surface area contributed by atoms with Crippen LogP contribution in [0.25, 0.3) is 0 Å². The van der Waals surface area contributed by atoms with Gasteiger partial charge in [0, 0.05) is 11.3 Å². The fourth-order valence-corrected chi connectivity index (χ4v) is 2.44.